The standard InChI is InChI=1S/C28H20ClN3OS/c29-21-15-16-25-23(17-21)28(32-27(31-25)20-11-5-2-6-12-20)34-18-26(33)30-24-14-8-7-13-22(24)19-9-3-1-4-10-19/h1-17H,18H2,(H,30,33). The molecule has 6 heteroatoms. The van der Waals surface area contributed by atoms with Gasteiger partial charge in [0.05, 0.1) is 11.3 Å². The van der Waals surface area contributed by atoms with Crippen LogP contribution in [0.25, 0.3) is 33.4 Å². The third-order valence-corrected chi connectivity index (χ3v) is 6.51. The van der Waals surface area contributed by atoms with Crippen molar-refractivity contribution in [3.05, 3.63) is 108 Å². The largest absolute Gasteiger partial charge is 0.325 e. The number of thioether (sulfide) groups is 1. The topological polar surface area (TPSA) is 54.9 Å². The normalized spacial score (nSPS) is 10.9. The van der Waals surface area contributed by atoms with Crippen molar-refractivity contribution in [2.45, 2.75) is 5.03 Å². The lowest BCUT2D eigenvalue weighted by molar-refractivity contribution is -0.113. The van der Waals surface area contributed by atoms with Gasteiger partial charge >= 0.3 is 0 Å². The number of fused-ring (bicyclic) bond motifs is 1. The van der Waals surface area contributed by atoms with Crippen LogP contribution < -0.4 is 5.32 Å². The van der Waals surface area contributed by atoms with Crippen molar-refractivity contribution in [2.75, 3.05) is 11.1 Å². The summed E-state index contributed by atoms with van der Waals surface area (Å²) in [5.74, 6) is 0.715. The molecular formula is C28H20ClN3OS. The minimum Gasteiger partial charge on any atom is -0.325 e. The van der Waals surface area contributed by atoms with Gasteiger partial charge in [0.2, 0.25) is 5.91 Å². The molecule has 4 aromatic carbocycles. The van der Waals surface area contributed by atoms with E-state index in [4.69, 9.17) is 21.6 Å². The first-order chi connectivity index (χ1) is 16.7. The Morgan fingerprint density at radius 2 is 1.47 bits per heavy atom. The van der Waals surface area contributed by atoms with E-state index in [0.717, 1.165) is 38.3 Å². The van der Waals surface area contributed by atoms with E-state index in [0.29, 0.717) is 10.8 Å². The molecule has 1 aromatic heterocycles. The highest BCUT2D eigenvalue weighted by atomic mass is 35.5. The van der Waals surface area contributed by atoms with Gasteiger partial charge in [-0.25, -0.2) is 9.97 Å². The molecule has 1 amide bonds. The van der Waals surface area contributed by atoms with Gasteiger partial charge < -0.3 is 5.32 Å². The van der Waals surface area contributed by atoms with Gasteiger partial charge in [0.1, 0.15) is 5.03 Å². The highest BCUT2D eigenvalue weighted by molar-refractivity contribution is 8.00. The van der Waals surface area contributed by atoms with E-state index in [1.165, 1.54) is 11.8 Å². The molecular weight excluding hydrogens is 462 g/mol. The molecule has 0 atom stereocenters. The Balaban J connectivity index is 1.40. The van der Waals surface area contributed by atoms with E-state index in [2.05, 4.69) is 5.32 Å². The van der Waals surface area contributed by atoms with E-state index in [1.807, 2.05) is 103 Å². The number of hydrogen-bond donors (Lipinski definition) is 1. The van der Waals surface area contributed by atoms with Crippen LogP contribution >= 0.6 is 23.4 Å². The predicted octanol–water partition coefficient (Wildman–Crippen LogP) is 7.35. The number of benzene rings is 4. The zero-order chi connectivity index (χ0) is 23.3. The molecule has 5 aromatic rings. The average molecular weight is 482 g/mol. The number of halogens is 1. The Morgan fingerprint density at radius 1 is 0.794 bits per heavy atom. The molecule has 0 radical (unpaired) electrons. The molecule has 0 saturated carbocycles. The van der Waals surface area contributed by atoms with Crippen LogP contribution in [0.1, 0.15) is 0 Å². The molecule has 166 valence electrons. The predicted molar refractivity (Wildman–Crippen MR) is 141 cm³/mol. The van der Waals surface area contributed by atoms with Gasteiger partial charge in [0, 0.05) is 27.2 Å². The maximum Gasteiger partial charge on any atom is 0.234 e. The average Bonchev–Trinajstić information content (AvgIpc) is 2.88. The SMILES string of the molecule is O=C(CSc1nc(-c2ccccc2)nc2ccc(Cl)cc12)Nc1ccccc1-c1ccccc1. The van der Waals surface area contributed by atoms with Gasteiger partial charge in [-0.15, -0.1) is 0 Å². The van der Waals surface area contributed by atoms with Gasteiger partial charge in [-0.2, -0.15) is 0 Å². The minimum atomic E-state index is -0.108. The smallest absolute Gasteiger partial charge is 0.234 e. The van der Waals surface area contributed by atoms with E-state index < -0.39 is 0 Å². The molecule has 0 aliphatic heterocycles. The summed E-state index contributed by atoms with van der Waals surface area (Å²) in [6.45, 7) is 0. The zero-order valence-corrected chi connectivity index (χ0v) is 19.7. The number of aromatic nitrogens is 2. The lowest BCUT2D eigenvalue weighted by atomic mass is 10.0. The summed E-state index contributed by atoms with van der Waals surface area (Å²) >= 11 is 7.62. The summed E-state index contributed by atoms with van der Waals surface area (Å²) in [6.07, 6.45) is 0. The van der Waals surface area contributed by atoms with Crippen molar-refractivity contribution < 1.29 is 4.79 Å². The van der Waals surface area contributed by atoms with Gasteiger partial charge in [0.15, 0.2) is 5.82 Å². The Labute approximate surface area is 207 Å². The van der Waals surface area contributed by atoms with Crippen molar-refractivity contribution >= 4 is 45.9 Å². The Morgan fingerprint density at radius 3 is 2.24 bits per heavy atom. The fraction of sp³-hybridized carbons (Fsp3) is 0.0357. The van der Waals surface area contributed by atoms with E-state index in [1.54, 1.807) is 0 Å². The molecule has 0 spiro atoms. The van der Waals surface area contributed by atoms with Crippen molar-refractivity contribution in [3.8, 4) is 22.5 Å². The van der Waals surface area contributed by atoms with Crippen LogP contribution in [0.15, 0.2) is 108 Å². The maximum absolute atomic E-state index is 12.9. The second-order valence-electron chi connectivity index (χ2n) is 7.63. The number of nitrogens with zero attached hydrogens (tertiary/aromatic N) is 2. The summed E-state index contributed by atoms with van der Waals surface area (Å²) in [6, 6.07) is 33.2. The lowest BCUT2D eigenvalue weighted by Crippen LogP contribution is -2.15. The second kappa shape index (κ2) is 10.1. The van der Waals surface area contributed by atoms with E-state index in [9.17, 15) is 4.79 Å². The van der Waals surface area contributed by atoms with Gasteiger partial charge in [-0.1, -0.05) is 102 Å². The number of nitrogens with one attached hydrogen (secondary N) is 1. The molecule has 1 heterocycles. The van der Waals surface area contributed by atoms with Crippen molar-refractivity contribution in [3.63, 3.8) is 0 Å². The van der Waals surface area contributed by atoms with Crippen LogP contribution in [0.2, 0.25) is 5.02 Å². The highest BCUT2D eigenvalue weighted by Crippen LogP contribution is 2.31. The van der Waals surface area contributed by atoms with Crippen LogP contribution in [0.4, 0.5) is 5.69 Å². The van der Waals surface area contributed by atoms with Crippen molar-refractivity contribution in [1.29, 1.82) is 0 Å². The number of amides is 1. The number of para-hydroxylation sites is 1. The first-order valence-corrected chi connectivity index (χ1v) is 12.1. The minimum absolute atomic E-state index is 0.108. The number of carbonyl (C=O) groups excluding carboxylic acids is 1. The van der Waals surface area contributed by atoms with Crippen molar-refractivity contribution in [1.82, 2.24) is 9.97 Å². The zero-order valence-electron chi connectivity index (χ0n) is 18.1. The second-order valence-corrected chi connectivity index (χ2v) is 9.03. The molecule has 34 heavy (non-hydrogen) atoms. The Kier molecular flexibility index (Phi) is 6.56. The summed E-state index contributed by atoms with van der Waals surface area (Å²) in [5.41, 5.74) is 4.51. The molecule has 1 N–H and O–H groups in total. The fourth-order valence-corrected chi connectivity index (χ4v) is 4.66. The van der Waals surface area contributed by atoms with Gasteiger partial charge in [0.25, 0.3) is 0 Å². The molecule has 4 nitrogen and oxygen atoms in total. The molecule has 0 aliphatic carbocycles. The number of carbonyl (C=O) groups is 1. The maximum atomic E-state index is 12.9. The molecule has 0 bridgehead atoms. The molecule has 5 rings (SSSR count). The fourth-order valence-electron chi connectivity index (χ4n) is 3.68. The van der Waals surface area contributed by atoms with Crippen LogP contribution in [0.5, 0.6) is 0 Å². The molecule has 0 saturated heterocycles. The third kappa shape index (κ3) is 4.96. The Hall–Kier alpha value is -3.67. The summed E-state index contributed by atoms with van der Waals surface area (Å²) in [4.78, 5) is 22.4. The highest BCUT2D eigenvalue weighted by Gasteiger charge is 2.14. The van der Waals surface area contributed by atoms with Gasteiger partial charge in [-0.05, 0) is 29.8 Å². The first kappa shape index (κ1) is 22.1. The lowest BCUT2D eigenvalue weighted by Gasteiger charge is -2.12. The van der Waals surface area contributed by atoms with Crippen molar-refractivity contribution in [2.24, 2.45) is 0 Å². The van der Waals surface area contributed by atoms with Crippen LogP contribution in [0.3, 0.4) is 0 Å². The quantitative estimate of drug-likeness (QED) is 0.203. The van der Waals surface area contributed by atoms with E-state index in [-0.39, 0.29) is 11.7 Å². The molecule has 0 unspecified atom stereocenters. The summed E-state index contributed by atoms with van der Waals surface area (Å²) in [7, 11) is 0. The number of rotatable bonds is 6. The first-order valence-electron chi connectivity index (χ1n) is 10.8. The summed E-state index contributed by atoms with van der Waals surface area (Å²) < 4.78 is 0. The van der Waals surface area contributed by atoms with E-state index >= 15 is 0 Å². The molecule has 0 fully saturated rings. The monoisotopic (exact) mass is 481 g/mol. The molecule has 0 aliphatic rings. The van der Waals surface area contributed by atoms with Crippen LogP contribution in [-0.4, -0.2) is 21.6 Å². The number of hydrogen-bond acceptors (Lipinski definition) is 4. The summed E-state index contributed by atoms with van der Waals surface area (Å²) in [5, 5.41) is 5.21. The number of anilines is 1. The van der Waals surface area contributed by atoms with Crippen LogP contribution in [0, 0.1) is 0 Å². The van der Waals surface area contributed by atoms with Gasteiger partial charge in [-0.3, -0.25) is 4.79 Å². The van der Waals surface area contributed by atoms with Crippen LogP contribution in [-0.2, 0) is 4.79 Å². The Bertz CT molecular complexity index is 1460. The third-order valence-electron chi connectivity index (χ3n) is 5.28.